The van der Waals surface area contributed by atoms with Gasteiger partial charge < -0.3 is 24.6 Å². The standard InChI is InChI=1S/C22H26ClN3O3/c1-15-3-4-17(23)13-20(15)25-7-9-26(10-8-25)22(27)24-18-11-16-12-19(28-2)5-6-21(16)29-14-18/h3-6,12-13,18H,7-11,14H2,1-2H3,(H,24,27)/t18-/m1/s1. The van der Waals surface area contributed by atoms with Crippen molar-refractivity contribution in [2.24, 2.45) is 0 Å². The number of benzene rings is 2. The third kappa shape index (κ3) is 4.37. The molecule has 1 N–H and O–H groups in total. The summed E-state index contributed by atoms with van der Waals surface area (Å²) in [4.78, 5) is 16.9. The van der Waals surface area contributed by atoms with E-state index in [1.165, 1.54) is 5.56 Å². The molecule has 1 saturated heterocycles. The second kappa shape index (κ2) is 8.41. The van der Waals surface area contributed by atoms with Crippen LogP contribution in [0.3, 0.4) is 0 Å². The maximum atomic E-state index is 12.8. The largest absolute Gasteiger partial charge is 0.497 e. The predicted molar refractivity (Wildman–Crippen MR) is 114 cm³/mol. The van der Waals surface area contributed by atoms with Crippen LogP contribution in [0.4, 0.5) is 10.5 Å². The van der Waals surface area contributed by atoms with Crippen molar-refractivity contribution in [3.05, 3.63) is 52.5 Å². The maximum absolute atomic E-state index is 12.8. The van der Waals surface area contributed by atoms with E-state index in [1.54, 1.807) is 7.11 Å². The van der Waals surface area contributed by atoms with Gasteiger partial charge in [-0.3, -0.25) is 0 Å². The molecule has 2 heterocycles. The number of hydrogen-bond donors (Lipinski definition) is 1. The van der Waals surface area contributed by atoms with Gasteiger partial charge in [-0.2, -0.15) is 0 Å². The number of hydrogen-bond acceptors (Lipinski definition) is 4. The number of piperazine rings is 1. The molecule has 6 nitrogen and oxygen atoms in total. The Morgan fingerprint density at radius 2 is 1.97 bits per heavy atom. The summed E-state index contributed by atoms with van der Waals surface area (Å²) in [6, 6.07) is 11.6. The second-order valence-electron chi connectivity index (χ2n) is 7.54. The fourth-order valence-corrected chi connectivity index (χ4v) is 4.10. The first-order valence-corrected chi connectivity index (χ1v) is 10.3. The molecule has 1 fully saturated rings. The van der Waals surface area contributed by atoms with E-state index in [1.807, 2.05) is 41.3 Å². The number of rotatable bonds is 3. The van der Waals surface area contributed by atoms with Crippen molar-refractivity contribution in [2.45, 2.75) is 19.4 Å². The number of fused-ring (bicyclic) bond motifs is 1. The van der Waals surface area contributed by atoms with Gasteiger partial charge in [0, 0.05) is 36.9 Å². The molecular formula is C22H26ClN3O3. The van der Waals surface area contributed by atoms with E-state index in [2.05, 4.69) is 17.1 Å². The number of carbonyl (C=O) groups is 1. The average molecular weight is 416 g/mol. The van der Waals surface area contributed by atoms with E-state index >= 15 is 0 Å². The average Bonchev–Trinajstić information content (AvgIpc) is 2.75. The fourth-order valence-electron chi connectivity index (χ4n) is 3.93. The number of anilines is 1. The van der Waals surface area contributed by atoms with Gasteiger partial charge in [0.25, 0.3) is 0 Å². The lowest BCUT2D eigenvalue weighted by Gasteiger charge is -2.37. The van der Waals surface area contributed by atoms with Gasteiger partial charge >= 0.3 is 6.03 Å². The topological polar surface area (TPSA) is 54.0 Å². The molecule has 0 saturated carbocycles. The van der Waals surface area contributed by atoms with Gasteiger partial charge in [-0.15, -0.1) is 0 Å². The van der Waals surface area contributed by atoms with Crippen molar-refractivity contribution in [3.8, 4) is 11.5 Å². The zero-order valence-corrected chi connectivity index (χ0v) is 17.5. The van der Waals surface area contributed by atoms with Crippen LogP contribution in [0.5, 0.6) is 11.5 Å². The summed E-state index contributed by atoms with van der Waals surface area (Å²) < 4.78 is 11.1. The lowest BCUT2D eigenvalue weighted by molar-refractivity contribution is 0.178. The Balaban J connectivity index is 1.33. The number of carbonyl (C=O) groups excluding carboxylic acids is 1. The molecule has 0 unspecified atom stereocenters. The molecule has 2 aliphatic rings. The highest BCUT2D eigenvalue weighted by Gasteiger charge is 2.26. The highest BCUT2D eigenvalue weighted by molar-refractivity contribution is 6.30. The van der Waals surface area contributed by atoms with Gasteiger partial charge in [-0.25, -0.2) is 4.79 Å². The Morgan fingerprint density at radius 1 is 1.17 bits per heavy atom. The number of nitrogens with zero attached hydrogens (tertiary/aromatic N) is 2. The molecule has 0 aliphatic carbocycles. The lowest BCUT2D eigenvalue weighted by atomic mass is 10.0. The summed E-state index contributed by atoms with van der Waals surface area (Å²) in [5.74, 6) is 1.66. The molecule has 2 aliphatic heterocycles. The van der Waals surface area contributed by atoms with Gasteiger partial charge in [0.2, 0.25) is 0 Å². The van der Waals surface area contributed by atoms with Gasteiger partial charge in [0.15, 0.2) is 0 Å². The van der Waals surface area contributed by atoms with Crippen LogP contribution in [0.15, 0.2) is 36.4 Å². The first-order valence-electron chi connectivity index (χ1n) is 9.90. The second-order valence-corrected chi connectivity index (χ2v) is 7.98. The molecule has 2 aromatic rings. The van der Waals surface area contributed by atoms with Crippen LogP contribution >= 0.6 is 11.6 Å². The van der Waals surface area contributed by atoms with Crippen molar-refractivity contribution in [1.29, 1.82) is 0 Å². The van der Waals surface area contributed by atoms with E-state index in [0.29, 0.717) is 19.7 Å². The van der Waals surface area contributed by atoms with Crippen LogP contribution in [0.2, 0.25) is 5.02 Å². The van der Waals surface area contributed by atoms with Gasteiger partial charge in [-0.05, 0) is 54.8 Å². The van der Waals surface area contributed by atoms with Crippen molar-refractivity contribution < 1.29 is 14.3 Å². The number of methoxy groups -OCH3 is 1. The molecule has 0 spiro atoms. The van der Waals surface area contributed by atoms with Gasteiger partial charge in [-0.1, -0.05) is 17.7 Å². The quantitative estimate of drug-likeness (QED) is 0.833. The maximum Gasteiger partial charge on any atom is 0.317 e. The third-order valence-electron chi connectivity index (χ3n) is 5.58. The molecule has 2 amide bonds. The van der Waals surface area contributed by atoms with Crippen molar-refractivity contribution in [3.63, 3.8) is 0 Å². The van der Waals surface area contributed by atoms with Crippen molar-refractivity contribution in [2.75, 3.05) is 44.8 Å². The molecule has 4 rings (SSSR count). The number of ether oxygens (including phenoxy) is 2. The minimum absolute atomic E-state index is 0.0348. The number of urea groups is 1. The predicted octanol–water partition coefficient (Wildman–Crippen LogP) is 3.49. The molecule has 29 heavy (non-hydrogen) atoms. The minimum atomic E-state index is -0.0460. The van der Waals surface area contributed by atoms with Crippen molar-refractivity contribution in [1.82, 2.24) is 10.2 Å². The molecule has 0 radical (unpaired) electrons. The van der Waals surface area contributed by atoms with Crippen LogP contribution in [-0.2, 0) is 6.42 Å². The number of amides is 2. The highest BCUT2D eigenvalue weighted by Crippen LogP contribution is 2.29. The van der Waals surface area contributed by atoms with Gasteiger partial charge in [0.1, 0.15) is 18.1 Å². The van der Waals surface area contributed by atoms with Crippen LogP contribution in [0, 0.1) is 6.92 Å². The molecular weight excluding hydrogens is 390 g/mol. The Bertz CT molecular complexity index is 897. The number of nitrogens with one attached hydrogen (secondary N) is 1. The molecule has 154 valence electrons. The van der Waals surface area contributed by atoms with Crippen LogP contribution in [0.25, 0.3) is 0 Å². The normalized spacial score (nSPS) is 18.7. The molecule has 1 atom stereocenters. The third-order valence-corrected chi connectivity index (χ3v) is 5.82. The Morgan fingerprint density at radius 3 is 2.72 bits per heavy atom. The van der Waals surface area contributed by atoms with Crippen molar-refractivity contribution >= 4 is 23.3 Å². The smallest absolute Gasteiger partial charge is 0.317 e. The fraction of sp³-hybridized carbons (Fsp3) is 0.409. The molecule has 2 aromatic carbocycles. The van der Waals surface area contributed by atoms with E-state index in [9.17, 15) is 4.79 Å². The van der Waals surface area contributed by atoms with E-state index in [-0.39, 0.29) is 12.1 Å². The summed E-state index contributed by atoms with van der Waals surface area (Å²) in [5, 5.41) is 3.86. The Kier molecular flexibility index (Phi) is 5.72. The van der Waals surface area contributed by atoms with Crippen LogP contribution in [-0.4, -0.2) is 56.9 Å². The van der Waals surface area contributed by atoms with E-state index in [4.69, 9.17) is 21.1 Å². The molecule has 0 bridgehead atoms. The summed E-state index contributed by atoms with van der Waals surface area (Å²) in [5.41, 5.74) is 3.40. The SMILES string of the molecule is COc1ccc2c(c1)C[C@@H](NC(=O)N1CCN(c3cc(Cl)ccc3C)CC1)CO2. The zero-order valence-electron chi connectivity index (χ0n) is 16.8. The van der Waals surface area contributed by atoms with E-state index in [0.717, 1.165) is 47.3 Å². The van der Waals surface area contributed by atoms with Gasteiger partial charge in [0.05, 0.1) is 13.2 Å². The first kappa shape index (κ1) is 19.7. The minimum Gasteiger partial charge on any atom is -0.497 e. The highest BCUT2D eigenvalue weighted by atomic mass is 35.5. The molecule has 0 aromatic heterocycles. The number of aryl methyl sites for hydroxylation is 1. The lowest BCUT2D eigenvalue weighted by Crippen LogP contribution is -2.55. The Labute approximate surface area is 176 Å². The number of halogens is 1. The summed E-state index contributed by atoms with van der Waals surface area (Å²) in [6.45, 7) is 5.49. The van der Waals surface area contributed by atoms with Crippen LogP contribution < -0.4 is 19.7 Å². The van der Waals surface area contributed by atoms with E-state index < -0.39 is 0 Å². The Hall–Kier alpha value is -2.60. The van der Waals surface area contributed by atoms with Crippen LogP contribution in [0.1, 0.15) is 11.1 Å². The zero-order chi connectivity index (χ0) is 20.4. The summed E-state index contributed by atoms with van der Waals surface area (Å²) in [6.07, 6.45) is 0.736. The first-order chi connectivity index (χ1) is 14.0. The summed E-state index contributed by atoms with van der Waals surface area (Å²) in [7, 11) is 1.65. The monoisotopic (exact) mass is 415 g/mol. The molecule has 7 heteroatoms. The summed E-state index contributed by atoms with van der Waals surface area (Å²) >= 11 is 6.16.